The van der Waals surface area contributed by atoms with Crippen LogP contribution < -0.4 is 15.2 Å². The lowest BCUT2D eigenvalue weighted by atomic mass is 10.0. The Hall–Kier alpha value is -3.08. The van der Waals surface area contributed by atoms with Gasteiger partial charge in [-0.15, -0.1) is 0 Å². The summed E-state index contributed by atoms with van der Waals surface area (Å²) >= 11 is 0. The highest BCUT2D eigenvalue weighted by Crippen LogP contribution is 2.37. The highest BCUT2D eigenvalue weighted by atomic mass is 16.3. The van der Waals surface area contributed by atoms with Crippen LogP contribution in [0.4, 0.5) is 11.4 Å². The van der Waals surface area contributed by atoms with Crippen molar-refractivity contribution >= 4 is 33.2 Å². The monoisotopic (exact) mass is 413 g/mol. The van der Waals surface area contributed by atoms with Gasteiger partial charge in [0, 0.05) is 54.8 Å². The van der Waals surface area contributed by atoms with Crippen LogP contribution in [0.25, 0.3) is 33.3 Å². The van der Waals surface area contributed by atoms with Crippen LogP contribution in [0.2, 0.25) is 0 Å². The summed E-state index contributed by atoms with van der Waals surface area (Å²) in [5, 5.41) is 2.33. The smallest absolute Gasteiger partial charge is 0.205 e. The molecule has 2 saturated heterocycles. The van der Waals surface area contributed by atoms with E-state index in [1.165, 1.54) is 36.8 Å². The van der Waals surface area contributed by atoms with E-state index in [1.807, 2.05) is 6.07 Å². The van der Waals surface area contributed by atoms with Gasteiger partial charge in [0.15, 0.2) is 11.3 Å². The van der Waals surface area contributed by atoms with Gasteiger partial charge in [0.25, 0.3) is 0 Å². The van der Waals surface area contributed by atoms with E-state index < -0.39 is 0 Å². The lowest BCUT2D eigenvalue weighted by molar-refractivity contribution is 0.575. The van der Waals surface area contributed by atoms with Gasteiger partial charge >= 0.3 is 0 Å². The zero-order valence-electron chi connectivity index (χ0n) is 17.8. The minimum atomic E-state index is 0.0244. The summed E-state index contributed by atoms with van der Waals surface area (Å²) in [4.78, 5) is 22.5. The van der Waals surface area contributed by atoms with E-state index in [1.54, 1.807) is 6.07 Å². The molecule has 5 heteroatoms. The first kappa shape index (κ1) is 18.7. The molecule has 1 aliphatic carbocycles. The minimum Gasteiger partial charge on any atom is -0.453 e. The maximum absolute atomic E-state index is 12.9. The van der Waals surface area contributed by atoms with E-state index in [2.05, 4.69) is 40.1 Å². The largest absolute Gasteiger partial charge is 0.453 e. The molecule has 158 valence electrons. The standard InChI is InChI=1S/C26H27N3O2/c30-23-17-24-20(15-22(23)29-13-7-2-8-14-29)27-26-19-10-4-3-9-18(19)21(16-25(26)31-24)28-11-5-1-6-12-28/h3-4,9-10,15-17H,1-2,5-8,11-14H2. The zero-order chi connectivity index (χ0) is 20.8. The molecule has 0 amide bonds. The number of aromatic nitrogens is 1. The van der Waals surface area contributed by atoms with E-state index in [0.717, 1.165) is 66.9 Å². The molecule has 2 fully saturated rings. The van der Waals surface area contributed by atoms with Crippen molar-refractivity contribution in [3.8, 4) is 11.5 Å². The number of anilines is 2. The second-order valence-corrected chi connectivity index (χ2v) is 8.88. The molecule has 6 rings (SSSR count). The first-order valence-electron chi connectivity index (χ1n) is 11.6. The number of piperidine rings is 2. The summed E-state index contributed by atoms with van der Waals surface area (Å²) < 4.78 is 6.30. The quantitative estimate of drug-likeness (QED) is 0.324. The Morgan fingerprint density at radius 3 is 2.10 bits per heavy atom. The molecule has 0 bridgehead atoms. The molecule has 2 aromatic carbocycles. The van der Waals surface area contributed by atoms with Gasteiger partial charge in [-0.2, -0.15) is 0 Å². The fourth-order valence-corrected chi connectivity index (χ4v) is 5.23. The number of benzene rings is 3. The number of hydrogen-bond donors (Lipinski definition) is 0. The number of fused-ring (bicyclic) bond motifs is 4. The van der Waals surface area contributed by atoms with E-state index in [0.29, 0.717) is 5.76 Å². The van der Waals surface area contributed by atoms with Gasteiger partial charge in [0.1, 0.15) is 11.2 Å². The van der Waals surface area contributed by atoms with Gasteiger partial charge in [-0.25, -0.2) is 4.98 Å². The Kier molecular flexibility index (Phi) is 4.55. The van der Waals surface area contributed by atoms with Crippen molar-refractivity contribution in [1.29, 1.82) is 0 Å². The highest BCUT2D eigenvalue weighted by molar-refractivity contribution is 6.10. The normalized spacial score (nSPS) is 17.7. The van der Waals surface area contributed by atoms with Crippen LogP contribution in [-0.4, -0.2) is 31.2 Å². The Balaban J connectivity index is 1.57. The molecule has 0 unspecified atom stereocenters. The molecule has 2 aromatic rings. The number of hydrogen-bond acceptors (Lipinski definition) is 5. The molecule has 0 spiro atoms. The van der Waals surface area contributed by atoms with Crippen molar-refractivity contribution in [3.63, 3.8) is 0 Å². The highest BCUT2D eigenvalue weighted by Gasteiger charge is 2.21. The topological polar surface area (TPSA) is 49.6 Å². The molecule has 3 heterocycles. The van der Waals surface area contributed by atoms with Crippen molar-refractivity contribution in [3.05, 3.63) is 52.7 Å². The molecule has 3 aliphatic heterocycles. The van der Waals surface area contributed by atoms with Crippen LogP contribution in [0, 0.1) is 0 Å². The second-order valence-electron chi connectivity index (χ2n) is 8.88. The van der Waals surface area contributed by atoms with Gasteiger partial charge in [0.2, 0.25) is 5.43 Å². The van der Waals surface area contributed by atoms with Gasteiger partial charge < -0.3 is 14.2 Å². The summed E-state index contributed by atoms with van der Waals surface area (Å²) in [7, 11) is 0. The molecule has 0 aromatic heterocycles. The lowest BCUT2D eigenvalue weighted by Gasteiger charge is -2.30. The Morgan fingerprint density at radius 1 is 0.742 bits per heavy atom. The van der Waals surface area contributed by atoms with E-state index >= 15 is 0 Å². The number of nitrogens with zero attached hydrogens (tertiary/aromatic N) is 3. The van der Waals surface area contributed by atoms with Crippen molar-refractivity contribution in [2.24, 2.45) is 0 Å². The summed E-state index contributed by atoms with van der Waals surface area (Å²) in [6.45, 7) is 4.02. The molecule has 31 heavy (non-hydrogen) atoms. The molecule has 0 atom stereocenters. The van der Waals surface area contributed by atoms with Crippen molar-refractivity contribution in [1.82, 2.24) is 4.98 Å². The Labute approximate surface area is 181 Å². The fraction of sp³-hybridized carbons (Fsp3) is 0.385. The van der Waals surface area contributed by atoms with Gasteiger partial charge in [-0.1, -0.05) is 24.3 Å². The van der Waals surface area contributed by atoms with Crippen molar-refractivity contribution in [2.75, 3.05) is 36.0 Å². The van der Waals surface area contributed by atoms with Crippen LogP contribution in [0.15, 0.2) is 51.7 Å². The van der Waals surface area contributed by atoms with Gasteiger partial charge in [-0.3, -0.25) is 4.79 Å². The van der Waals surface area contributed by atoms with Crippen LogP contribution in [-0.2, 0) is 0 Å². The SMILES string of the molecule is O=c1cc2oc3cc(N4CCCCC4)c4ccccc4c3nc-2cc1N1CCCCC1. The van der Waals surface area contributed by atoms with E-state index in [4.69, 9.17) is 9.40 Å². The summed E-state index contributed by atoms with van der Waals surface area (Å²) in [5.41, 5.74) is 4.35. The zero-order valence-corrected chi connectivity index (χ0v) is 17.8. The van der Waals surface area contributed by atoms with Gasteiger partial charge in [-0.05, 0) is 44.6 Å². The molecule has 0 N–H and O–H groups in total. The van der Waals surface area contributed by atoms with Crippen LogP contribution in [0.5, 0.6) is 0 Å². The van der Waals surface area contributed by atoms with Gasteiger partial charge in [0.05, 0.1) is 5.69 Å². The van der Waals surface area contributed by atoms with E-state index in [9.17, 15) is 4.79 Å². The van der Waals surface area contributed by atoms with Crippen LogP contribution >= 0.6 is 0 Å². The van der Waals surface area contributed by atoms with Crippen LogP contribution in [0.3, 0.4) is 0 Å². The first-order valence-corrected chi connectivity index (χ1v) is 11.6. The predicted molar refractivity (Wildman–Crippen MR) is 127 cm³/mol. The third-order valence-corrected chi connectivity index (χ3v) is 6.85. The molecule has 4 aliphatic rings. The summed E-state index contributed by atoms with van der Waals surface area (Å²) in [6.07, 6.45) is 7.25. The maximum Gasteiger partial charge on any atom is 0.205 e. The first-order chi connectivity index (χ1) is 15.3. The molecular weight excluding hydrogens is 386 g/mol. The van der Waals surface area contributed by atoms with Crippen molar-refractivity contribution < 1.29 is 4.42 Å². The summed E-state index contributed by atoms with van der Waals surface area (Å²) in [5.74, 6) is 0.568. The predicted octanol–water partition coefficient (Wildman–Crippen LogP) is 5.43. The minimum absolute atomic E-state index is 0.0244. The summed E-state index contributed by atoms with van der Waals surface area (Å²) in [6, 6.07) is 14.2. The third-order valence-electron chi connectivity index (χ3n) is 6.85. The number of rotatable bonds is 2. The molecular formula is C26H27N3O2. The average molecular weight is 414 g/mol. The molecule has 0 radical (unpaired) electrons. The third kappa shape index (κ3) is 3.23. The van der Waals surface area contributed by atoms with Crippen LogP contribution in [0.1, 0.15) is 38.5 Å². The Morgan fingerprint density at radius 2 is 1.39 bits per heavy atom. The molecule has 5 nitrogen and oxygen atoms in total. The van der Waals surface area contributed by atoms with Crippen molar-refractivity contribution in [2.45, 2.75) is 38.5 Å². The lowest BCUT2D eigenvalue weighted by Crippen LogP contribution is -2.33. The Bertz CT molecular complexity index is 1280. The second kappa shape index (κ2) is 7.56. The average Bonchev–Trinajstić information content (AvgIpc) is 2.83. The maximum atomic E-state index is 12.9. The fourth-order valence-electron chi connectivity index (χ4n) is 5.23. The van der Waals surface area contributed by atoms with E-state index in [-0.39, 0.29) is 5.43 Å². The molecule has 0 saturated carbocycles.